The van der Waals surface area contributed by atoms with Crippen molar-refractivity contribution in [3.63, 3.8) is 0 Å². The Labute approximate surface area is 142 Å². The summed E-state index contributed by atoms with van der Waals surface area (Å²) in [7, 11) is 1.65. The van der Waals surface area contributed by atoms with Crippen LogP contribution in [0.5, 0.6) is 11.5 Å². The summed E-state index contributed by atoms with van der Waals surface area (Å²) in [4.78, 5) is 12.6. The maximum atomic E-state index is 12.6. The fourth-order valence-electron chi connectivity index (χ4n) is 2.65. The number of benzene rings is 2. The van der Waals surface area contributed by atoms with E-state index >= 15 is 0 Å². The van der Waals surface area contributed by atoms with Crippen LogP contribution in [0.15, 0.2) is 42.5 Å². The number of hydrogen-bond acceptors (Lipinski definition) is 5. The fraction of sp³-hybridized carbons (Fsp3) is 0.316. The van der Waals surface area contributed by atoms with Crippen molar-refractivity contribution in [3.05, 3.63) is 53.6 Å². The molecule has 1 atom stereocenters. The number of Topliss-reactive ketones (excluding diaryl/α,β-unsaturated/α-hetero) is 1. The maximum Gasteiger partial charge on any atom is 0.179 e. The van der Waals surface area contributed by atoms with Gasteiger partial charge in [0.1, 0.15) is 18.1 Å². The van der Waals surface area contributed by atoms with Gasteiger partial charge in [0.05, 0.1) is 18.8 Å². The second-order valence-corrected chi connectivity index (χ2v) is 5.80. The van der Waals surface area contributed by atoms with E-state index in [9.17, 15) is 4.79 Å². The number of methoxy groups -OCH3 is 1. The van der Waals surface area contributed by atoms with Gasteiger partial charge in [-0.25, -0.2) is 0 Å². The molecule has 1 aliphatic rings. The highest BCUT2D eigenvalue weighted by Gasteiger charge is 2.18. The summed E-state index contributed by atoms with van der Waals surface area (Å²) in [5.74, 6) is 1.70. The van der Waals surface area contributed by atoms with Crippen LogP contribution in [0.2, 0.25) is 0 Å². The number of anilines is 1. The molecule has 5 nitrogen and oxygen atoms in total. The minimum absolute atomic E-state index is 0.0682. The van der Waals surface area contributed by atoms with E-state index in [0.29, 0.717) is 18.7 Å². The topological polar surface area (TPSA) is 59.6 Å². The van der Waals surface area contributed by atoms with Crippen molar-refractivity contribution < 1.29 is 14.3 Å². The van der Waals surface area contributed by atoms with Gasteiger partial charge in [0, 0.05) is 18.7 Å². The lowest BCUT2D eigenvalue weighted by atomic mass is 10.0. The van der Waals surface area contributed by atoms with Gasteiger partial charge in [0.25, 0.3) is 0 Å². The molecule has 0 spiro atoms. The molecule has 1 unspecified atom stereocenters. The molecule has 0 fully saturated rings. The summed E-state index contributed by atoms with van der Waals surface area (Å²) < 4.78 is 10.7. The van der Waals surface area contributed by atoms with E-state index in [1.165, 1.54) is 0 Å². The fourth-order valence-corrected chi connectivity index (χ4v) is 2.65. The van der Waals surface area contributed by atoms with Crippen LogP contribution in [0, 0.1) is 0 Å². The standard InChI is InChI=1S/C19H22N2O3/c1-13(21-12-14-3-6-16(23-2)7-4-14)19(22)15-5-8-18-17(11-15)20-9-10-24-18/h3-8,11,13,20-21H,9-10,12H2,1-2H3. The smallest absolute Gasteiger partial charge is 0.179 e. The van der Waals surface area contributed by atoms with Crippen molar-refractivity contribution in [1.29, 1.82) is 0 Å². The molecule has 126 valence electrons. The predicted octanol–water partition coefficient (Wildman–Crippen LogP) is 2.86. The van der Waals surface area contributed by atoms with Crippen molar-refractivity contribution in [2.24, 2.45) is 0 Å². The molecule has 0 radical (unpaired) electrons. The van der Waals surface area contributed by atoms with E-state index in [2.05, 4.69) is 10.6 Å². The van der Waals surface area contributed by atoms with Crippen LogP contribution in [0.4, 0.5) is 5.69 Å². The van der Waals surface area contributed by atoms with Crippen LogP contribution in [-0.2, 0) is 6.54 Å². The van der Waals surface area contributed by atoms with E-state index in [1.54, 1.807) is 7.11 Å². The van der Waals surface area contributed by atoms with Gasteiger partial charge in [-0.15, -0.1) is 0 Å². The van der Waals surface area contributed by atoms with Crippen LogP contribution < -0.4 is 20.1 Å². The largest absolute Gasteiger partial charge is 0.497 e. The molecule has 0 saturated carbocycles. The molecule has 0 amide bonds. The third-order valence-corrected chi connectivity index (χ3v) is 4.10. The molecule has 0 aliphatic carbocycles. The number of fused-ring (bicyclic) bond motifs is 1. The third kappa shape index (κ3) is 3.68. The highest BCUT2D eigenvalue weighted by Crippen LogP contribution is 2.28. The average Bonchev–Trinajstić information content (AvgIpc) is 2.65. The number of hydrogen-bond donors (Lipinski definition) is 2. The van der Waals surface area contributed by atoms with E-state index in [1.807, 2.05) is 49.4 Å². The summed E-state index contributed by atoms with van der Waals surface area (Å²) in [6.07, 6.45) is 0. The second-order valence-electron chi connectivity index (χ2n) is 5.80. The Balaban J connectivity index is 1.61. The van der Waals surface area contributed by atoms with Gasteiger partial charge in [-0.3, -0.25) is 4.79 Å². The van der Waals surface area contributed by atoms with Gasteiger partial charge in [-0.1, -0.05) is 12.1 Å². The highest BCUT2D eigenvalue weighted by atomic mass is 16.5. The van der Waals surface area contributed by atoms with Crippen molar-refractivity contribution in [3.8, 4) is 11.5 Å². The molecular formula is C19H22N2O3. The molecule has 2 N–H and O–H groups in total. The van der Waals surface area contributed by atoms with Crippen molar-refractivity contribution in [2.45, 2.75) is 19.5 Å². The molecule has 24 heavy (non-hydrogen) atoms. The lowest BCUT2D eigenvalue weighted by Gasteiger charge is -2.20. The molecule has 2 aromatic rings. The van der Waals surface area contributed by atoms with E-state index < -0.39 is 0 Å². The number of ketones is 1. The van der Waals surface area contributed by atoms with Gasteiger partial charge < -0.3 is 20.1 Å². The molecular weight excluding hydrogens is 304 g/mol. The summed E-state index contributed by atoms with van der Waals surface area (Å²) in [5.41, 5.74) is 2.67. The Hall–Kier alpha value is -2.53. The van der Waals surface area contributed by atoms with Crippen LogP contribution in [-0.4, -0.2) is 32.1 Å². The number of rotatable bonds is 6. The Morgan fingerprint density at radius 3 is 2.83 bits per heavy atom. The lowest BCUT2D eigenvalue weighted by molar-refractivity contribution is 0.0950. The lowest BCUT2D eigenvalue weighted by Crippen LogP contribution is -2.33. The van der Waals surface area contributed by atoms with Crippen LogP contribution >= 0.6 is 0 Å². The van der Waals surface area contributed by atoms with Crippen LogP contribution in [0.1, 0.15) is 22.8 Å². The summed E-state index contributed by atoms with van der Waals surface area (Å²) >= 11 is 0. The normalized spacial score (nSPS) is 14.1. The number of carbonyl (C=O) groups is 1. The second kappa shape index (κ2) is 7.36. The zero-order valence-corrected chi connectivity index (χ0v) is 14.0. The van der Waals surface area contributed by atoms with Crippen molar-refractivity contribution >= 4 is 11.5 Å². The molecule has 0 bridgehead atoms. The monoisotopic (exact) mass is 326 g/mol. The van der Waals surface area contributed by atoms with Gasteiger partial charge in [0.2, 0.25) is 0 Å². The van der Waals surface area contributed by atoms with E-state index in [0.717, 1.165) is 29.3 Å². The van der Waals surface area contributed by atoms with Gasteiger partial charge >= 0.3 is 0 Å². The zero-order valence-electron chi connectivity index (χ0n) is 14.0. The average molecular weight is 326 g/mol. The van der Waals surface area contributed by atoms with E-state index in [4.69, 9.17) is 9.47 Å². The minimum atomic E-state index is -0.269. The third-order valence-electron chi connectivity index (χ3n) is 4.10. The van der Waals surface area contributed by atoms with Gasteiger partial charge in [-0.05, 0) is 42.8 Å². The summed E-state index contributed by atoms with van der Waals surface area (Å²) in [5, 5.41) is 6.53. The Morgan fingerprint density at radius 2 is 2.08 bits per heavy atom. The Bertz CT molecular complexity index is 713. The molecule has 2 aromatic carbocycles. The number of carbonyl (C=O) groups excluding carboxylic acids is 1. The quantitative estimate of drug-likeness (QED) is 0.800. The SMILES string of the molecule is COc1ccc(CNC(C)C(=O)c2ccc3c(c2)NCCO3)cc1. The number of ether oxygens (including phenoxy) is 2. The number of nitrogens with one attached hydrogen (secondary N) is 2. The summed E-state index contributed by atoms with van der Waals surface area (Å²) in [6.45, 7) is 3.93. The molecule has 1 heterocycles. The Morgan fingerprint density at radius 1 is 1.29 bits per heavy atom. The zero-order chi connectivity index (χ0) is 16.9. The molecule has 5 heteroatoms. The first kappa shape index (κ1) is 16.3. The van der Waals surface area contributed by atoms with Crippen LogP contribution in [0.3, 0.4) is 0 Å². The molecule has 1 aliphatic heterocycles. The van der Waals surface area contributed by atoms with Gasteiger partial charge in [0.15, 0.2) is 5.78 Å². The van der Waals surface area contributed by atoms with Crippen molar-refractivity contribution in [1.82, 2.24) is 5.32 Å². The Kier molecular flexibility index (Phi) is 5.01. The maximum absolute atomic E-state index is 12.6. The first-order valence-corrected chi connectivity index (χ1v) is 8.08. The predicted molar refractivity (Wildman–Crippen MR) is 94.1 cm³/mol. The van der Waals surface area contributed by atoms with Gasteiger partial charge in [-0.2, -0.15) is 0 Å². The summed E-state index contributed by atoms with van der Waals surface area (Å²) in [6, 6.07) is 13.1. The first-order chi connectivity index (χ1) is 11.7. The molecule has 0 saturated heterocycles. The highest BCUT2D eigenvalue weighted by molar-refractivity contribution is 6.01. The minimum Gasteiger partial charge on any atom is -0.497 e. The van der Waals surface area contributed by atoms with E-state index in [-0.39, 0.29) is 11.8 Å². The van der Waals surface area contributed by atoms with Crippen molar-refractivity contribution in [2.75, 3.05) is 25.6 Å². The van der Waals surface area contributed by atoms with Crippen LogP contribution in [0.25, 0.3) is 0 Å². The molecule has 0 aromatic heterocycles. The molecule has 3 rings (SSSR count). The first-order valence-electron chi connectivity index (χ1n) is 8.08.